The highest BCUT2D eigenvalue weighted by Gasteiger charge is 2.08. The zero-order chi connectivity index (χ0) is 11.3. The highest BCUT2D eigenvalue weighted by atomic mass is 16.5. The molecule has 1 amide bonds. The molecule has 0 aliphatic heterocycles. The van der Waals surface area contributed by atoms with Crippen molar-refractivity contribution in [2.45, 2.75) is 19.8 Å². The Hall–Kier alpha value is -1.85. The summed E-state index contributed by atoms with van der Waals surface area (Å²) in [6, 6.07) is 1.59. The van der Waals surface area contributed by atoms with Crippen molar-refractivity contribution in [3.8, 4) is 0 Å². The number of ether oxygens (including phenoxy) is 1. The van der Waals surface area contributed by atoms with E-state index in [0.717, 1.165) is 0 Å². The lowest BCUT2D eigenvalue weighted by Gasteiger charge is -1.99. The summed E-state index contributed by atoms with van der Waals surface area (Å²) < 4.78 is 9.16. The van der Waals surface area contributed by atoms with Crippen molar-refractivity contribution < 1.29 is 18.8 Å². The Morgan fingerprint density at radius 2 is 2.27 bits per heavy atom. The van der Waals surface area contributed by atoms with Gasteiger partial charge in [0.1, 0.15) is 5.76 Å². The molecule has 0 saturated carbocycles. The van der Waals surface area contributed by atoms with Crippen LogP contribution in [0.2, 0.25) is 0 Å². The lowest BCUT2D eigenvalue weighted by atomic mass is 10.3. The molecule has 82 valence electrons. The van der Waals surface area contributed by atoms with Crippen LogP contribution in [-0.4, -0.2) is 24.1 Å². The predicted molar refractivity (Wildman–Crippen MR) is 51.1 cm³/mol. The van der Waals surface area contributed by atoms with Crippen LogP contribution in [0.25, 0.3) is 0 Å². The van der Waals surface area contributed by atoms with Crippen LogP contribution in [0.1, 0.15) is 18.6 Å². The van der Waals surface area contributed by atoms with E-state index in [-0.39, 0.29) is 18.7 Å². The number of nitrogens with one attached hydrogen (secondary N) is 1. The first kappa shape index (κ1) is 11.2. The normalized spacial score (nSPS) is 9.73. The number of aromatic nitrogens is 1. The minimum atomic E-state index is -0.415. The molecular formula is C9H12N2O4. The summed E-state index contributed by atoms with van der Waals surface area (Å²) in [5, 5.41) is 6.07. The second kappa shape index (κ2) is 5.14. The quantitative estimate of drug-likeness (QED) is 0.749. The molecule has 0 spiro atoms. The number of aryl methyl sites for hydroxylation is 1. The van der Waals surface area contributed by atoms with E-state index in [4.69, 9.17) is 4.52 Å². The first-order chi connectivity index (χ1) is 7.11. The second-order valence-electron chi connectivity index (χ2n) is 2.95. The van der Waals surface area contributed by atoms with E-state index in [9.17, 15) is 9.59 Å². The Labute approximate surface area is 86.6 Å². The van der Waals surface area contributed by atoms with Gasteiger partial charge < -0.3 is 14.6 Å². The summed E-state index contributed by atoms with van der Waals surface area (Å²) in [5.41, 5.74) is 0. The SMILES string of the molecule is COC(=O)CCC(=O)Nc1cc(C)on1. The summed E-state index contributed by atoms with van der Waals surface area (Å²) in [6.07, 6.45) is 0.123. The van der Waals surface area contributed by atoms with E-state index >= 15 is 0 Å². The van der Waals surface area contributed by atoms with Crippen LogP contribution in [0.15, 0.2) is 10.6 Å². The number of methoxy groups -OCH3 is 1. The van der Waals surface area contributed by atoms with Crippen molar-refractivity contribution in [1.29, 1.82) is 0 Å². The molecule has 1 N–H and O–H groups in total. The van der Waals surface area contributed by atoms with Gasteiger partial charge in [0.25, 0.3) is 0 Å². The molecule has 1 aromatic rings. The molecule has 6 nitrogen and oxygen atoms in total. The molecule has 1 heterocycles. The van der Waals surface area contributed by atoms with Crippen molar-refractivity contribution in [3.63, 3.8) is 0 Å². The topological polar surface area (TPSA) is 81.4 Å². The molecular weight excluding hydrogens is 200 g/mol. The minimum Gasteiger partial charge on any atom is -0.469 e. The number of esters is 1. The molecule has 0 aliphatic rings. The summed E-state index contributed by atoms with van der Waals surface area (Å²) in [4.78, 5) is 22.0. The number of amides is 1. The van der Waals surface area contributed by atoms with E-state index < -0.39 is 5.97 Å². The number of carbonyl (C=O) groups excluding carboxylic acids is 2. The molecule has 0 atom stereocenters. The lowest BCUT2D eigenvalue weighted by Crippen LogP contribution is -2.14. The van der Waals surface area contributed by atoms with Gasteiger partial charge in [0.2, 0.25) is 5.91 Å². The zero-order valence-corrected chi connectivity index (χ0v) is 8.57. The van der Waals surface area contributed by atoms with Gasteiger partial charge in [-0.15, -0.1) is 0 Å². The Bertz CT molecular complexity index is 359. The van der Waals surface area contributed by atoms with Crippen LogP contribution >= 0.6 is 0 Å². The van der Waals surface area contributed by atoms with E-state index in [1.54, 1.807) is 13.0 Å². The van der Waals surface area contributed by atoms with Gasteiger partial charge in [0, 0.05) is 12.5 Å². The van der Waals surface area contributed by atoms with E-state index in [0.29, 0.717) is 11.6 Å². The molecule has 1 aromatic heterocycles. The van der Waals surface area contributed by atoms with Crippen LogP contribution in [-0.2, 0) is 14.3 Å². The van der Waals surface area contributed by atoms with Crippen LogP contribution in [0.3, 0.4) is 0 Å². The summed E-state index contributed by atoms with van der Waals surface area (Å²) >= 11 is 0. The fourth-order valence-electron chi connectivity index (χ4n) is 0.948. The third kappa shape index (κ3) is 3.80. The van der Waals surface area contributed by atoms with Gasteiger partial charge in [-0.05, 0) is 6.92 Å². The summed E-state index contributed by atoms with van der Waals surface area (Å²) in [6.45, 7) is 1.72. The van der Waals surface area contributed by atoms with Crippen molar-refractivity contribution in [3.05, 3.63) is 11.8 Å². The molecule has 6 heteroatoms. The molecule has 0 fully saturated rings. The number of hydrogen-bond donors (Lipinski definition) is 1. The van der Waals surface area contributed by atoms with Crippen LogP contribution in [0, 0.1) is 6.92 Å². The molecule has 0 unspecified atom stereocenters. The van der Waals surface area contributed by atoms with E-state index in [2.05, 4.69) is 15.2 Å². The van der Waals surface area contributed by atoms with Crippen molar-refractivity contribution in [2.75, 3.05) is 12.4 Å². The molecule has 0 radical (unpaired) electrons. The van der Waals surface area contributed by atoms with E-state index in [1.165, 1.54) is 7.11 Å². The number of hydrogen-bond acceptors (Lipinski definition) is 5. The number of nitrogens with zero attached hydrogens (tertiary/aromatic N) is 1. The average molecular weight is 212 g/mol. The standard InChI is InChI=1S/C9H12N2O4/c1-6-5-7(11-15-6)10-8(12)3-4-9(13)14-2/h5H,3-4H2,1-2H3,(H,10,11,12). The summed E-state index contributed by atoms with van der Waals surface area (Å²) in [5.74, 6) is 0.246. The van der Waals surface area contributed by atoms with Gasteiger partial charge in [0.05, 0.1) is 13.5 Å². The fourth-order valence-corrected chi connectivity index (χ4v) is 0.948. The van der Waals surface area contributed by atoms with Crippen molar-refractivity contribution in [2.24, 2.45) is 0 Å². The van der Waals surface area contributed by atoms with Crippen LogP contribution < -0.4 is 5.32 Å². The average Bonchev–Trinajstić information content (AvgIpc) is 2.60. The maximum absolute atomic E-state index is 11.2. The largest absolute Gasteiger partial charge is 0.469 e. The maximum atomic E-state index is 11.2. The molecule has 0 aromatic carbocycles. The number of anilines is 1. The smallest absolute Gasteiger partial charge is 0.306 e. The Morgan fingerprint density at radius 3 is 2.80 bits per heavy atom. The fraction of sp³-hybridized carbons (Fsp3) is 0.444. The van der Waals surface area contributed by atoms with E-state index in [1.807, 2.05) is 0 Å². The predicted octanol–water partition coefficient (Wildman–Crippen LogP) is 0.875. The third-order valence-electron chi connectivity index (χ3n) is 1.68. The Balaban J connectivity index is 2.33. The lowest BCUT2D eigenvalue weighted by molar-refractivity contribution is -0.141. The van der Waals surface area contributed by atoms with Gasteiger partial charge in [-0.3, -0.25) is 9.59 Å². The zero-order valence-electron chi connectivity index (χ0n) is 8.57. The van der Waals surface area contributed by atoms with Crippen molar-refractivity contribution in [1.82, 2.24) is 5.16 Å². The Morgan fingerprint density at radius 1 is 1.53 bits per heavy atom. The van der Waals surface area contributed by atoms with Crippen LogP contribution in [0.4, 0.5) is 5.82 Å². The second-order valence-corrected chi connectivity index (χ2v) is 2.95. The first-order valence-electron chi connectivity index (χ1n) is 4.42. The summed E-state index contributed by atoms with van der Waals surface area (Å²) in [7, 11) is 1.28. The maximum Gasteiger partial charge on any atom is 0.306 e. The third-order valence-corrected chi connectivity index (χ3v) is 1.68. The molecule has 0 bridgehead atoms. The molecule has 15 heavy (non-hydrogen) atoms. The highest BCUT2D eigenvalue weighted by molar-refractivity contribution is 5.91. The van der Waals surface area contributed by atoms with Gasteiger partial charge in [-0.2, -0.15) is 0 Å². The molecule has 0 saturated heterocycles. The van der Waals surface area contributed by atoms with Gasteiger partial charge in [-0.1, -0.05) is 5.16 Å². The Kier molecular flexibility index (Phi) is 3.84. The number of rotatable bonds is 4. The van der Waals surface area contributed by atoms with Gasteiger partial charge in [-0.25, -0.2) is 0 Å². The monoisotopic (exact) mass is 212 g/mol. The van der Waals surface area contributed by atoms with Gasteiger partial charge in [0.15, 0.2) is 5.82 Å². The van der Waals surface area contributed by atoms with Crippen LogP contribution in [0.5, 0.6) is 0 Å². The highest BCUT2D eigenvalue weighted by Crippen LogP contribution is 2.07. The molecule has 0 aliphatic carbocycles. The number of carbonyl (C=O) groups is 2. The first-order valence-corrected chi connectivity index (χ1v) is 4.42. The van der Waals surface area contributed by atoms with Crippen molar-refractivity contribution >= 4 is 17.7 Å². The van der Waals surface area contributed by atoms with Gasteiger partial charge >= 0.3 is 5.97 Å². The minimum absolute atomic E-state index is 0.0547. The molecule has 1 rings (SSSR count).